The molecular weight excluding hydrogens is 727 g/mol. The lowest BCUT2D eigenvalue weighted by atomic mass is 10.1. The third kappa shape index (κ3) is 10.9. The van der Waals surface area contributed by atoms with Gasteiger partial charge < -0.3 is 37.7 Å². The molecule has 4 rings (SSSR count). The SMILES string of the molecule is COc1ccc(COC(=O)C2=C(Sc3ccc(CSC(=N)N)cc3CSC(=N)N)CS[C@@H]3[C@H](NC(=O)CSCCN=C(N)N)C(=O)N23)cc1. The number of benzene rings is 2. The van der Waals surface area contributed by atoms with Crippen molar-refractivity contribution in [1.82, 2.24) is 10.2 Å². The number of β-lactam (4-membered cyclic amide) rings is 1. The van der Waals surface area contributed by atoms with Crippen LogP contribution in [0, 0.1) is 10.8 Å². The van der Waals surface area contributed by atoms with Crippen LogP contribution in [0.4, 0.5) is 0 Å². The number of thioether (sulfide) groups is 5. The molecule has 11 N–H and O–H groups in total. The van der Waals surface area contributed by atoms with Crippen LogP contribution in [-0.4, -0.2) is 81.3 Å². The van der Waals surface area contributed by atoms with Gasteiger partial charge in [0.15, 0.2) is 16.3 Å². The number of hydrogen-bond donors (Lipinski definition) is 7. The Labute approximate surface area is 305 Å². The highest BCUT2D eigenvalue weighted by Crippen LogP contribution is 2.46. The Morgan fingerprint density at radius 1 is 1.04 bits per heavy atom. The van der Waals surface area contributed by atoms with Crippen LogP contribution in [0.5, 0.6) is 5.75 Å². The molecule has 0 unspecified atom stereocenters. The molecule has 0 bridgehead atoms. The summed E-state index contributed by atoms with van der Waals surface area (Å²) in [6.45, 7) is 0.349. The van der Waals surface area contributed by atoms with E-state index in [-0.39, 0.29) is 40.3 Å². The molecule has 2 aromatic rings. The summed E-state index contributed by atoms with van der Waals surface area (Å²) >= 11 is 6.49. The van der Waals surface area contributed by atoms with Crippen LogP contribution in [0.2, 0.25) is 0 Å². The highest BCUT2D eigenvalue weighted by Gasteiger charge is 2.54. The summed E-state index contributed by atoms with van der Waals surface area (Å²) in [4.78, 5) is 46.8. The van der Waals surface area contributed by atoms with Crippen molar-refractivity contribution < 1.29 is 23.9 Å². The van der Waals surface area contributed by atoms with Crippen molar-refractivity contribution in [2.24, 2.45) is 27.9 Å². The average Bonchev–Trinajstić information content (AvgIpc) is 3.07. The van der Waals surface area contributed by atoms with Gasteiger partial charge in [0, 0.05) is 32.8 Å². The predicted octanol–water partition coefficient (Wildman–Crippen LogP) is 2.40. The van der Waals surface area contributed by atoms with E-state index in [1.54, 1.807) is 31.4 Å². The van der Waals surface area contributed by atoms with Gasteiger partial charge in [0.05, 0.1) is 19.4 Å². The maximum absolute atomic E-state index is 13.8. The third-order valence-corrected chi connectivity index (χ3v) is 12.0. The summed E-state index contributed by atoms with van der Waals surface area (Å²) < 4.78 is 11.0. The van der Waals surface area contributed by atoms with Crippen LogP contribution in [0.1, 0.15) is 16.7 Å². The first-order chi connectivity index (χ1) is 23.5. The van der Waals surface area contributed by atoms with Crippen molar-refractivity contribution >= 4 is 92.9 Å². The van der Waals surface area contributed by atoms with E-state index in [1.807, 2.05) is 18.2 Å². The van der Waals surface area contributed by atoms with Crippen LogP contribution in [0.25, 0.3) is 0 Å². The van der Waals surface area contributed by atoms with Gasteiger partial charge in [-0.25, -0.2) is 4.79 Å². The zero-order chi connectivity index (χ0) is 35.5. The number of fused-ring (bicyclic) bond motifs is 1. The maximum Gasteiger partial charge on any atom is 0.356 e. The molecule has 0 radical (unpaired) electrons. The lowest BCUT2D eigenvalue weighted by molar-refractivity contribution is -0.153. The normalized spacial score (nSPS) is 16.7. The molecule has 0 spiro atoms. The van der Waals surface area contributed by atoms with Crippen LogP contribution >= 0.6 is 58.8 Å². The Hall–Kier alpha value is -3.65. The minimum Gasteiger partial charge on any atom is -0.497 e. The molecule has 0 aromatic heterocycles. The second-order valence-electron chi connectivity index (χ2n) is 10.4. The van der Waals surface area contributed by atoms with E-state index < -0.39 is 23.3 Å². The van der Waals surface area contributed by atoms with Gasteiger partial charge in [0.2, 0.25) is 5.91 Å². The second-order valence-corrected chi connectivity index (χ2v) is 15.7. The lowest BCUT2D eigenvalue weighted by Gasteiger charge is -2.49. The van der Waals surface area contributed by atoms with Gasteiger partial charge >= 0.3 is 5.97 Å². The van der Waals surface area contributed by atoms with Gasteiger partial charge in [-0.1, -0.05) is 59.6 Å². The topological polar surface area (TPSA) is 249 Å². The van der Waals surface area contributed by atoms with Gasteiger partial charge in [0.1, 0.15) is 29.5 Å². The largest absolute Gasteiger partial charge is 0.497 e. The Balaban J connectivity index is 1.57. The molecule has 19 heteroatoms. The molecule has 1 fully saturated rings. The number of carbonyl (C=O) groups is 3. The van der Waals surface area contributed by atoms with Gasteiger partial charge in [-0.05, 0) is 34.9 Å². The molecule has 0 aliphatic carbocycles. The van der Waals surface area contributed by atoms with E-state index in [4.69, 9.17) is 43.2 Å². The van der Waals surface area contributed by atoms with Crippen molar-refractivity contribution in [2.75, 3.05) is 30.9 Å². The minimum absolute atomic E-state index is 0.00477. The number of ether oxygens (including phenoxy) is 2. The molecule has 0 saturated carbocycles. The van der Waals surface area contributed by atoms with Crippen molar-refractivity contribution in [3.8, 4) is 5.75 Å². The van der Waals surface area contributed by atoms with E-state index >= 15 is 0 Å². The smallest absolute Gasteiger partial charge is 0.356 e. The summed E-state index contributed by atoms with van der Waals surface area (Å²) in [7, 11) is 1.56. The molecule has 262 valence electrons. The first-order valence-electron chi connectivity index (χ1n) is 14.6. The Morgan fingerprint density at radius 3 is 2.41 bits per heavy atom. The van der Waals surface area contributed by atoms with E-state index in [1.165, 1.54) is 63.7 Å². The Morgan fingerprint density at radius 2 is 1.73 bits per heavy atom. The fourth-order valence-electron chi connectivity index (χ4n) is 4.60. The van der Waals surface area contributed by atoms with Crippen LogP contribution in [0.15, 0.2) is 63.0 Å². The molecule has 2 atom stereocenters. The molecule has 49 heavy (non-hydrogen) atoms. The molecule has 1 saturated heterocycles. The molecule has 2 heterocycles. The van der Waals surface area contributed by atoms with E-state index in [0.29, 0.717) is 40.2 Å². The zero-order valence-electron chi connectivity index (χ0n) is 26.4. The summed E-state index contributed by atoms with van der Waals surface area (Å²) in [5.41, 5.74) is 24.5. The molecule has 2 amide bonds. The number of rotatable bonds is 16. The minimum atomic E-state index is -0.799. The van der Waals surface area contributed by atoms with Crippen molar-refractivity contribution in [3.63, 3.8) is 0 Å². The third-order valence-electron chi connectivity index (χ3n) is 6.87. The number of hydrogen-bond acceptors (Lipinski definition) is 13. The summed E-state index contributed by atoms with van der Waals surface area (Å²) in [5, 5.41) is 17.5. The summed E-state index contributed by atoms with van der Waals surface area (Å²) in [5.74, 6) is 1.20. The number of guanidine groups is 1. The highest BCUT2D eigenvalue weighted by atomic mass is 32.2. The number of carbonyl (C=O) groups excluding carboxylic acids is 3. The number of amidine groups is 2. The summed E-state index contributed by atoms with van der Waals surface area (Å²) in [6, 6.07) is 12.1. The molecule has 14 nitrogen and oxygen atoms in total. The molecule has 2 aliphatic heterocycles. The average molecular weight is 764 g/mol. The van der Waals surface area contributed by atoms with Crippen molar-refractivity contribution in [2.45, 2.75) is 34.4 Å². The van der Waals surface area contributed by atoms with Gasteiger partial charge in [-0.15, -0.1) is 11.8 Å². The van der Waals surface area contributed by atoms with Gasteiger partial charge in [-0.2, -0.15) is 11.8 Å². The standard InChI is InChI=1S/C30H37N9O5S5/c1-43-19-5-2-16(3-6-19)11-44-27(42)24-21(49-20-7-4-17(12-47-29(33)34)10-18(20)13-48-30(35)36)14-46-26-23(25(41)39(24)26)38-22(40)15-45-9-8-37-28(31)32/h2-7,10,23,26H,8-9,11-15H2,1H3,(H3,33,34)(H3,35,36)(H,38,40)(H4,31,32,37)/t23-,26-/m1/s1. The number of nitrogens with one attached hydrogen (secondary N) is 3. The first-order valence-corrected chi connectivity index (χ1v) is 19.6. The fraction of sp³-hybridized carbons (Fsp3) is 0.333. The number of methoxy groups -OCH3 is 1. The lowest BCUT2D eigenvalue weighted by Crippen LogP contribution is -2.70. The fourth-order valence-corrected chi connectivity index (χ4v) is 8.95. The van der Waals surface area contributed by atoms with Crippen LogP contribution in [-0.2, 0) is 37.2 Å². The summed E-state index contributed by atoms with van der Waals surface area (Å²) in [6.07, 6.45) is 0. The van der Waals surface area contributed by atoms with E-state index in [9.17, 15) is 14.4 Å². The molecular formula is C30H37N9O5S5. The van der Waals surface area contributed by atoms with Crippen molar-refractivity contribution in [3.05, 3.63) is 69.8 Å². The van der Waals surface area contributed by atoms with E-state index in [0.717, 1.165) is 21.6 Å². The Bertz CT molecular complexity index is 1640. The van der Waals surface area contributed by atoms with Gasteiger partial charge in [-0.3, -0.25) is 30.3 Å². The molecule has 2 aliphatic rings. The first kappa shape index (κ1) is 38.2. The Kier molecular flexibility index (Phi) is 14.3. The van der Waals surface area contributed by atoms with Gasteiger partial charge in [0.25, 0.3) is 5.91 Å². The highest BCUT2D eigenvalue weighted by molar-refractivity contribution is 8.13. The van der Waals surface area contributed by atoms with E-state index in [2.05, 4.69) is 10.3 Å². The number of aliphatic imine (C=N–C) groups is 1. The van der Waals surface area contributed by atoms with Crippen molar-refractivity contribution in [1.29, 1.82) is 10.8 Å². The number of esters is 1. The molecule has 2 aromatic carbocycles. The van der Waals surface area contributed by atoms with Crippen LogP contribution in [0.3, 0.4) is 0 Å². The monoisotopic (exact) mass is 763 g/mol. The second kappa shape index (κ2) is 18.4. The number of amides is 2. The maximum atomic E-state index is 13.8. The quantitative estimate of drug-likeness (QED) is 0.0427. The zero-order valence-corrected chi connectivity index (χ0v) is 30.5. The number of nitrogens with zero attached hydrogens (tertiary/aromatic N) is 2. The predicted molar refractivity (Wildman–Crippen MR) is 202 cm³/mol. The van der Waals surface area contributed by atoms with Crippen LogP contribution < -0.4 is 33.0 Å². The number of nitrogens with two attached hydrogens (primary N) is 4.